The Kier molecular flexibility index (Phi) is 1.07. The van der Waals surface area contributed by atoms with E-state index in [9.17, 15) is 0 Å². The van der Waals surface area contributed by atoms with E-state index in [4.69, 9.17) is 11.5 Å². The third kappa shape index (κ3) is 0.726. The number of nitrogens with two attached hydrogens (primary N) is 2. The van der Waals surface area contributed by atoms with Gasteiger partial charge in [-0.15, -0.1) is 0 Å². The Balaban J connectivity index is 2.73. The Morgan fingerprint density at radius 1 is 1.62 bits per heavy atom. The smallest absolute Gasteiger partial charge is 0.145 e. The van der Waals surface area contributed by atoms with Crippen molar-refractivity contribution in [2.75, 3.05) is 6.67 Å². The van der Waals surface area contributed by atoms with Crippen LogP contribution in [0.1, 0.15) is 0 Å². The van der Waals surface area contributed by atoms with Crippen molar-refractivity contribution in [3.63, 3.8) is 0 Å². The van der Waals surface area contributed by atoms with E-state index in [0.29, 0.717) is 18.2 Å². The van der Waals surface area contributed by atoms with Gasteiger partial charge < -0.3 is 16.8 Å². The highest BCUT2D eigenvalue weighted by atomic mass is 15.1. The van der Waals surface area contributed by atoms with Gasteiger partial charge in [0.15, 0.2) is 0 Å². The standard InChI is InChI=1S/C4H8N4/c5-3-1-7-2-8-4(3)6/h1,7H,2,5H2,(H2,6,8). The zero-order chi connectivity index (χ0) is 5.98. The van der Waals surface area contributed by atoms with E-state index in [-0.39, 0.29) is 0 Å². The first-order valence-electron chi connectivity index (χ1n) is 2.30. The lowest BCUT2D eigenvalue weighted by molar-refractivity contribution is 0.857. The number of rotatable bonds is 0. The zero-order valence-corrected chi connectivity index (χ0v) is 4.39. The fourth-order valence-electron chi connectivity index (χ4n) is 0.452. The molecule has 0 aromatic carbocycles. The zero-order valence-electron chi connectivity index (χ0n) is 4.39. The highest BCUT2D eigenvalue weighted by molar-refractivity contribution is 5.96. The molecule has 5 N–H and O–H groups in total. The van der Waals surface area contributed by atoms with Crippen LogP contribution in [-0.4, -0.2) is 12.5 Å². The molecule has 0 unspecified atom stereocenters. The summed E-state index contributed by atoms with van der Waals surface area (Å²) in [6, 6.07) is 0. The number of aliphatic imine (C=N–C) groups is 1. The maximum Gasteiger partial charge on any atom is 0.145 e. The molecule has 1 heterocycles. The van der Waals surface area contributed by atoms with Gasteiger partial charge >= 0.3 is 0 Å². The molecule has 1 aliphatic heterocycles. The topological polar surface area (TPSA) is 76.4 Å². The quantitative estimate of drug-likeness (QED) is 0.364. The van der Waals surface area contributed by atoms with Crippen LogP contribution in [-0.2, 0) is 0 Å². The highest BCUT2D eigenvalue weighted by Crippen LogP contribution is 1.86. The first-order chi connectivity index (χ1) is 3.80. The van der Waals surface area contributed by atoms with Gasteiger partial charge in [-0.25, -0.2) is 4.99 Å². The van der Waals surface area contributed by atoms with E-state index in [1.165, 1.54) is 0 Å². The van der Waals surface area contributed by atoms with Crippen molar-refractivity contribution in [1.29, 1.82) is 0 Å². The first kappa shape index (κ1) is 4.96. The second kappa shape index (κ2) is 1.73. The summed E-state index contributed by atoms with van der Waals surface area (Å²) < 4.78 is 0. The fraction of sp³-hybridized carbons (Fsp3) is 0.250. The maximum absolute atomic E-state index is 5.32. The Hall–Kier alpha value is -1.19. The van der Waals surface area contributed by atoms with Crippen LogP contribution in [0.5, 0.6) is 0 Å². The minimum atomic E-state index is 0.420. The molecule has 8 heavy (non-hydrogen) atoms. The van der Waals surface area contributed by atoms with Gasteiger partial charge in [0.25, 0.3) is 0 Å². The summed E-state index contributed by atoms with van der Waals surface area (Å²) in [5.41, 5.74) is 11.1. The van der Waals surface area contributed by atoms with Crippen LogP contribution >= 0.6 is 0 Å². The Morgan fingerprint density at radius 3 is 2.75 bits per heavy atom. The molecule has 0 aromatic rings. The van der Waals surface area contributed by atoms with Crippen LogP contribution in [0.15, 0.2) is 16.9 Å². The van der Waals surface area contributed by atoms with E-state index in [2.05, 4.69) is 10.3 Å². The minimum Gasteiger partial charge on any atom is -0.395 e. The molecule has 0 spiro atoms. The lowest BCUT2D eigenvalue weighted by atomic mass is 10.4. The third-order valence-corrected chi connectivity index (χ3v) is 0.894. The molecule has 0 atom stereocenters. The Morgan fingerprint density at radius 2 is 2.38 bits per heavy atom. The van der Waals surface area contributed by atoms with Gasteiger partial charge in [0.2, 0.25) is 0 Å². The average Bonchev–Trinajstić information content (AvgIpc) is 1.77. The van der Waals surface area contributed by atoms with Gasteiger partial charge in [0.1, 0.15) is 12.5 Å². The van der Waals surface area contributed by atoms with Crippen molar-refractivity contribution in [3.05, 3.63) is 11.9 Å². The highest BCUT2D eigenvalue weighted by Gasteiger charge is 1.98. The Bertz CT molecular complexity index is 128. The fourth-order valence-corrected chi connectivity index (χ4v) is 0.452. The van der Waals surface area contributed by atoms with Gasteiger partial charge in [0.05, 0.1) is 5.70 Å². The predicted molar refractivity (Wildman–Crippen MR) is 31.9 cm³/mol. The van der Waals surface area contributed by atoms with Crippen molar-refractivity contribution in [1.82, 2.24) is 5.32 Å². The van der Waals surface area contributed by atoms with E-state index >= 15 is 0 Å². The van der Waals surface area contributed by atoms with Crippen molar-refractivity contribution in [3.8, 4) is 0 Å². The molecule has 4 nitrogen and oxygen atoms in total. The van der Waals surface area contributed by atoms with Crippen LogP contribution in [0.25, 0.3) is 0 Å². The number of nitrogens with zero attached hydrogens (tertiary/aromatic N) is 1. The molecule has 0 amide bonds. The van der Waals surface area contributed by atoms with Gasteiger partial charge in [-0.2, -0.15) is 0 Å². The summed E-state index contributed by atoms with van der Waals surface area (Å²) in [6.45, 7) is 0.534. The number of amidine groups is 1. The van der Waals surface area contributed by atoms with Crippen molar-refractivity contribution in [2.45, 2.75) is 0 Å². The molecule has 0 aromatic heterocycles. The third-order valence-electron chi connectivity index (χ3n) is 0.894. The first-order valence-corrected chi connectivity index (χ1v) is 2.30. The van der Waals surface area contributed by atoms with Crippen LogP contribution in [0, 0.1) is 0 Å². The second-order valence-corrected chi connectivity index (χ2v) is 1.51. The normalized spacial score (nSPS) is 18.5. The lowest BCUT2D eigenvalue weighted by Gasteiger charge is -2.06. The molecule has 0 saturated heterocycles. The summed E-state index contributed by atoms with van der Waals surface area (Å²) in [5.74, 6) is 0.420. The van der Waals surface area contributed by atoms with Gasteiger partial charge in [0, 0.05) is 6.20 Å². The molecular formula is C4H8N4. The molecule has 0 radical (unpaired) electrons. The number of nitrogens with one attached hydrogen (secondary N) is 1. The van der Waals surface area contributed by atoms with E-state index in [0.717, 1.165) is 0 Å². The molecule has 1 rings (SSSR count). The molecular weight excluding hydrogens is 104 g/mol. The van der Waals surface area contributed by atoms with Crippen LogP contribution < -0.4 is 16.8 Å². The Labute approximate surface area is 47.3 Å². The molecule has 0 bridgehead atoms. The average molecular weight is 112 g/mol. The summed E-state index contributed by atoms with van der Waals surface area (Å²) >= 11 is 0. The second-order valence-electron chi connectivity index (χ2n) is 1.51. The summed E-state index contributed by atoms with van der Waals surface area (Å²) in [7, 11) is 0. The van der Waals surface area contributed by atoms with E-state index in [1.807, 2.05) is 0 Å². The largest absolute Gasteiger partial charge is 0.395 e. The summed E-state index contributed by atoms with van der Waals surface area (Å²) in [4.78, 5) is 3.80. The monoisotopic (exact) mass is 112 g/mol. The van der Waals surface area contributed by atoms with Crippen LogP contribution in [0.2, 0.25) is 0 Å². The van der Waals surface area contributed by atoms with Crippen LogP contribution in [0.4, 0.5) is 0 Å². The van der Waals surface area contributed by atoms with Crippen molar-refractivity contribution >= 4 is 5.84 Å². The van der Waals surface area contributed by atoms with Crippen molar-refractivity contribution in [2.24, 2.45) is 16.5 Å². The minimum absolute atomic E-state index is 0.420. The van der Waals surface area contributed by atoms with E-state index < -0.39 is 0 Å². The number of hydrogen-bond acceptors (Lipinski definition) is 4. The van der Waals surface area contributed by atoms with Gasteiger partial charge in [-0.1, -0.05) is 0 Å². The SMILES string of the molecule is NC1=CNCN=C1N. The molecule has 0 fully saturated rings. The molecule has 1 aliphatic rings. The van der Waals surface area contributed by atoms with Crippen molar-refractivity contribution < 1.29 is 0 Å². The maximum atomic E-state index is 5.32. The summed E-state index contributed by atoms with van der Waals surface area (Å²) in [6.07, 6.45) is 1.64. The molecule has 0 saturated carbocycles. The summed E-state index contributed by atoms with van der Waals surface area (Å²) in [5, 5.41) is 2.81. The van der Waals surface area contributed by atoms with E-state index in [1.54, 1.807) is 6.20 Å². The predicted octanol–water partition coefficient (Wildman–Crippen LogP) is -1.30. The van der Waals surface area contributed by atoms with Gasteiger partial charge in [-0.3, -0.25) is 0 Å². The number of hydrogen-bond donors (Lipinski definition) is 3. The van der Waals surface area contributed by atoms with Gasteiger partial charge in [-0.05, 0) is 0 Å². The molecule has 44 valence electrons. The molecule has 0 aliphatic carbocycles. The molecule has 4 heteroatoms. The van der Waals surface area contributed by atoms with Crippen LogP contribution in [0.3, 0.4) is 0 Å². The lowest BCUT2D eigenvalue weighted by Crippen LogP contribution is -2.28.